The molecule has 0 unspecified atom stereocenters. The highest BCUT2D eigenvalue weighted by molar-refractivity contribution is 5.86. The van der Waals surface area contributed by atoms with Gasteiger partial charge in [0.15, 0.2) is 0 Å². The van der Waals surface area contributed by atoms with Crippen molar-refractivity contribution in [1.82, 2.24) is 4.90 Å². The van der Waals surface area contributed by atoms with Crippen LogP contribution in [0.4, 0.5) is 0 Å². The van der Waals surface area contributed by atoms with Crippen molar-refractivity contribution in [2.75, 3.05) is 6.73 Å². The second kappa shape index (κ2) is 1.95. The number of nitrogens with zero attached hydrogens (tertiary/aromatic N) is 1. The zero-order valence-electron chi connectivity index (χ0n) is 5.79. The summed E-state index contributed by atoms with van der Waals surface area (Å²) in [5.74, 6) is 0.428. The number of fused-ring (bicyclic) bond motifs is 1. The lowest BCUT2D eigenvalue weighted by Crippen LogP contribution is -2.58. The standard InChI is InChI=1S/C7H11NO2/c9-4-8-6-3-1-2-5(6)7(8)10/h5-6,9H,1-4H2/t5-,6+/m0/s1. The summed E-state index contributed by atoms with van der Waals surface area (Å²) in [6.45, 7) is -0.0833. The van der Waals surface area contributed by atoms with E-state index in [9.17, 15) is 4.79 Å². The number of hydrogen-bond acceptors (Lipinski definition) is 2. The van der Waals surface area contributed by atoms with Crippen LogP contribution in [0, 0.1) is 5.92 Å². The third-order valence-corrected chi connectivity index (χ3v) is 2.63. The van der Waals surface area contributed by atoms with Crippen molar-refractivity contribution >= 4 is 5.91 Å². The minimum atomic E-state index is -0.0833. The first-order valence-corrected chi connectivity index (χ1v) is 3.76. The Labute approximate surface area is 59.6 Å². The smallest absolute Gasteiger partial charge is 0.229 e. The molecule has 1 saturated carbocycles. The molecule has 1 aliphatic carbocycles. The Morgan fingerprint density at radius 1 is 1.60 bits per heavy atom. The van der Waals surface area contributed by atoms with Crippen LogP contribution in [-0.4, -0.2) is 28.7 Å². The van der Waals surface area contributed by atoms with Crippen LogP contribution >= 0.6 is 0 Å². The van der Waals surface area contributed by atoms with Gasteiger partial charge in [0.25, 0.3) is 0 Å². The van der Waals surface area contributed by atoms with Gasteiger partial charge in [0, 0.05) is 6.04 Å². The quantitative estimate of drug-likeness (QED) is 0.520. The Morgan fingerprint density at radius 2 is 2.40 bits per heavy atom. The first-order chi connectivity index (χ1) is 4.84. The largest absolute Gasteiger partial charge is 0.376 e. The zero-order chi connectivity index (χ0) is 7.14. The van der Waals surface area contributed by atoms with E-state index >= 15 is 0 Å². The van der Waals surface area contributed by atoms with Crippen molar-refractivity contribution in [3.63, 3.8) is 0 Å². The minimum absolute atomic E-state index is 0.0833. The molecule has 1 heterocycles. The number of hydrogen-bond donors (Lipinski definition) is 1. The van der Waals surface area contributed by atoms with Crippen LogP contribution in [0.1, 0.15) is 19.3 Å². The topological polar surface area (TPSA) is 40.5 Å². The third-order valence-electron chi connectivity index (χ3n) is 2.63. The zero-order valence-corrected chi connectivity index (χ0v) is 5.79. The Kier molecular flexibility index (Phi) is 1.20. The molecule has 3 nitrogen and oxygen atoms in total. The van der Waals surface area contributed by atoms with Gasteiger partial charge in [-0.3, -0.25) is 4.79 Å². The molecule has 1 N–H and O–H groups in total. The molecular formula is C7H11NO2. The molecular weight excluding hydrogens is 130 g/mol. The van der Waals surface area contributed by atoms with E-state index in [2.05, 4.69) is 0 Å². The molecule has 0 radical (unpaired) electrons. The van der Waals surface area contributed by atoms with E-state index in [4.69, 9.17) is 5.11 Å². The Balaban J connectivity index is 2.08. The molecule has 1 aliphatic heterocycles. The SMILES string of the molecule is O=C1[C@H]2CCC[C@H]2N1CO. The Bertz CT molecular complexity index is 169. The molecule has 0 bridgehead atoms. The van der Waals surface area contributed by atoms with E-state index in [1.165, 1.54) is 0 Å². The molecule has 0 aromatic heterocycles. The summed E-state index contributed by atoms with van der Waals surface area (Å²) in [6, 6.07) is 0.387. The van der Waals surface area contributed by atoms with Crippen LogP contribution in [0.15, 0.2) is 0 Å². The Morgan fingerprint density at radius 3 is 3.10 bits per heavy atom. The van der Waals surface area contributed by atoms with Crippen LogP contribution in [0.25, 0.3) is 0 Å². The first kappa shape index (κ1) is 6.16. The molecule has 2 fully saturated rings. The lowest BCUT2D eigenvalue weighted by atomic mass is 9.92. The second-order valence-corrected chi connectivity index (χ2v) is 3.05. The summed E-state index contributed by atoms with van der Waals surface area (Å²) in [7, 11) is 0. The highest BCUT2D eigenvalue weighted by Crippen LogP contribution is 2.39. The van der Waals surface area contributed by atoms with Crippen molar-refractivity contribution in [1.29, 1.82) is 0 Å². The number of aliphatic hydroxyl groups is 1. The van der Waals surface area contributed by atoms with E-state index in [1.54, 1.807) is 4.90 Å². The Hall–Kier alpha value is -0.570. The highest BCUT2D eigenvalue weighted by atomic mass is 16.3. The number of amides is 1. The maximum atomic E-state index is 11.0. The van der Waals surface area contributed by atoms with Crippen LogP contribution < -0.4 is 0 Å². The lowest BCUT2D eigenvalue weighted by Gasteiger charge is -2.42. The normalized spacial score (nSPS) is 37.7. The maximum Gasteiger partial charge on any atom is 0.229 e. The molecule has 1 amide bonds. The number of aliphatic hydroxyl groups excluding tert-OH is 1. The van der Waals surface area contributed by atoms with Gasteiger partial charge in [-0.25, -0.2) is 0 Å². The van der Waals surface area contributed by atoms with Gasteiger partial charge >= 0.3 is 0 Å². The van der Waals surface area contributed by atoms with Gasteiger partial charge in [0.05, 0.1) is 5.92 Å². The molecule has 1 saturated heterocycles. The van der Waals surface area contributed by atoms with Crippen LogP contribution in [0.3, 0.4) is 0 Å². The van der Waals surface area contributed by atoms with Gasteiger partial charge in [0.2, 0.25) is 5.91 Å². The van der Waals surface area contributed by atoms with Gasteiger partial charge in [-0.1, -0.05) is 6.42 Å². The average molecular weight is 141 g/mol. The molecule has 0 aromatic rings. The predicted molar refractivity (Wildman–Crippen MR) is 35.1 cm³/mol. The van der Waals surface area contributed by atoms with E-state index in [-0.39, 0.29) is 18.6 Å². The first-order valence-electron chi connectivity index (χ1n) is 3.76. The summed E-state index contributed by atoms with van der Waals surface area (Å²) >= 11 is 0. The fourth-order valence-corrected chi connectivity index (χ4v) is 2.07. The molecule has 2 atom stereocenters. The summed E-state index contributed by atoms with van der Waals surface area (Å²) in [6.07, 6.45) is 3.29. The van der Waals surface area contributed by atoms with Crippen molar-refractivity contribution in [2.45, 2.75) is 25.3 Å². The predicted octanol–water partition coefficient (Wildman–Crippen LogP) is -0.0529. The molecule has 0 spiro atoms. The van der Waals surface area contributed by atoms with Crippen molar-refractivity contribution in [3.8, 4) is 0 Å². The van der Waals surface area contributed by atoms with E-state index < -0.39 is 0 Å². The van der Waals surface area contributed by atoms with Gasteiger partial charge in [-0.05, 0) is 12.8 Å². The van der Waals surface area contributed by atoms with Gasteiger partial charge < -0.3 is 10.0 Å². The molecule has 0 aromatic carbocycles. The number of carbonyl (C=O) groups is 1. The fraction of sp³-hybridized carbons (Fsp3) is 0.857. The third kappa shape index (κ3) is 0.560. The molecule has 56 valence electrons. The summed E-state index contributed by atoms with van der Waals surface area (Å²) in [5, 5.41) is 8.71. The maximum absolute atomic E-state index is 11.0. The number of rotatable bonds is 1. The van der Waals surface area contributed by atoms with Crippen molar-refractivity contribution in [2.24, 2.45) is 5.92 Å². The molecule has 3 heteroatoms. The van der Waals surface area contributed by atoms with E-state index in [1.807, 2.05) is 0 Å². The summed E-state index contributed by atoms with van der Waals surface area (Å²) in [4.78, 5) is 12.6. The van der Waals surface area contributed by atoms with Crippen molar-refractivity contribution < 1.29 is 9.90 Å². The van der Waals surface area contributed by atoms with Gasteiger partial charge in [0.1, 0.15) is 6.73 Å². The van der Waals surface area contributed by atoms with Crippen LogP contribution in [0.5, 0.6) is 0 Å². The minimum Gasteiger partial charge on any atom is -0.376 e. The number of carbonyl (C=O) groups excluding carboxylic acids is 1. The lowest BCUT2D eigenvalue weighted by molar-refractivity contribution is -0.160. The van der Waals surface area contributed by atoms with Gasteiger partial charge in [-0.15, -0.1) is 0 Å². The van der Waals surface area contributed by atoms with E-state index in [0.29, 0.717) is 6.04 Å². The average Bonchev–Trinajstić information content (AvgIpc) is 2.33. The summed E-state index contributed by atoms with van der Waals surface area (Å²) in [5.41, 5.74) is 0. The van der Waals surface area contributed by atoms with Crippen LogP contribution in [0.2, 0.25) is 0 Å². The van der Waals surface area contributed by atoms with Gasteiger partial charge in [-0.2, -0.15) is 0 Å². The summed E-state index contributed by atoms with van der Waals surface area (Å²) < 4.78 is 0. The van der Waals surface area contributed by atoms with Crippen molar-refractivity contribution in [3.05, 3.63) is 0 Å². The second-order valence-electron chi connectivity index (χ2n) is 3.05. The van der Waals surface area contributed by atoms with Crippen LogP contribution in [-0.2, 0) is 4.79 Å². The number of β-lactam (4-membered cyclic amide) rings is 1. The van der Waals surface area contributed by atoms with E-state index in [0.717, 1.165) is 19.3 Å². The molecule has 10 heavy (non-hydrogen) atoms. The number of likely N-dealkylation sites (tertiary alicyclic amines) is 1. The monoisotopic (exact) mass is 141 g/mol. The fourth-order valence-electron chi connectivity index (χ4n) is 2.07. The highest BCUT2D eigenvalue weighted by Gasteiger charge is 2.48. The molecule has 2 aliphatic rings. The molecule has 2 rings (SSSR count).